The highest BCUT2D eigenvalue weighted by Crippen LogP contribution is 2.41. The third-order valence-corrected chi connectivity index (χ3v) is 3.62. The highest BCUT2D eigenvalue weighted by Gasteiger charge is 2.30. The lowest BCUT2D eigenvalue weighted by molar-refractivity contribution is 0.145. The van der Waals surface area contributed by atoms with E-state index in [-0.39, 0.29) is 0 Å². The lowest BCUT2D eigenvalue weighted by atomic mass is 9.68. The lowest BCUT2D eigenvalue weighted by Gasteiger charge is -2.36. The van der Waals surface area contributed by atoms with E-state index in [9.17, 15) is 0 Å². The van der Waals surface area contributed by atoms with Crippen molar-refractivity contribution < 1.29 is 4.84 Å². The summed E-state index contributed by atoms with van der Waals surface area (Å²) in [4.78, 5) is 5.19. The zero-order valence-corrected chi connectivity index (χ0v) is 12.5. The molecule has 0 saturated carbocycles. The molecule has 0 aromatic heterocycles. The Morgan fingerprint density at radius 1 is 1.56 bits per heavy atom. The molecule has 0 N–H and O–H groups in total. The van der Waals surface area contributed by atoms with Crippen LogP contribution in [0.5, 0.6) is 0 Å². The molecule has 0 spiro atoms. The van der Waals surface area contributed by atoms with E-state index in [4.69, 9.17) is 4.84 Å². The second kappa shape index (κ2) is 6.77. The van der Waals surface area contributed by atoms with Crippen molar-refractivity contribution in [1.82, 2.24) is 0 Å². The quantitative estimate of drug-likeness (QED) is 0.299. The molecule has 0 aromatic carbocycles. The molecular weight excluding hydrogens is 222 g/mol. The summed E-state index contributed by atoms with van der Waals surface area (Å²) in [5.74, 6) is 0.516. The highest BCUT2D eigenvalue weighted by atomic mass is 16.6. The predicted molar refractivity (Wildman–Crippen MR) is 78.8 cm³/mol. The Balaban J connectivity index is 2.67. The molecule has 1 rings (SSSR count). The SMILES string of the molecule is CCCO/N=C(C)/C=C/C1C(C)=CCCC1(C)C. The van der Waals surface area contributed by atoms with E-state index in [1.807, 2.05) is 6.92 Å². The van der Waals surface area contributed by atoms with Gasteiger partial charge in [-0.05, 0) is 44.6 Å². The maximum absolute atomic E-state index is 5.19. The molecule has 2 heteroatoms. The molecule has 0 saturated heterocycles. The van der Waals surface area contributed by atoms with Crippen LogP contribution < -0.4 is 0 Å². The number of rotatable bonds is 5. The summed E-state index contributed by atoms with van der Waals surface area (Å²) < 4.78 is 0. The van der Waals surface area contributed by atoms with Gasteiger partial charge in [0, 0.05) is 5.92 Å². The first-order chi connectivity index (χ1) is 8.47. The van der Waals surface area contributed by atoms with Crippen LogP contribution in [0.1, 0.15) is 53.9 Å². The van der Waals surface area contributed by atoms with Crippen LogP contribution in [0.4, 0.5) is 0 Å². The fourth-order valence-electron chi connectivity index (χ4n) is 2.49. The molecule has 0 heterocycles. The molecule has 0 aliphatic heterocycles. The van der Waals surface area contributed by atoms with Gasteiger partial charge in [-0.3, -0.25) is 0 Å². The maximum Gasteiger partial charge on any atom is 0.116 e. The van der Waals surface area contributed by atoms with Crippen LogP contribution in [-0.2, 0) is 4.84 Å². The van der Waals surface area contributed by atoms with E-state index in [2.05, 4.69) is 51.1 Å². The van der Waals surface area contributed by atoms with Gasteiger partial charge >= 0.3 is 0 Å². The van der Waals surface area contributed by atoms with E-state index in [1.165, 1.54) is 18.4 Å². The molecule has 1 unspecified atom stereocenters. The van der Waals surface area contributed by atoms with Crippen LogP contribution in [-0.4, -0.2) is 12.3 Å². The van der Waals surface area contributed by atoms with Crippen LogP contribution in [0, 0.1) is 11.3 Å². The van der Waals surface area contributed by atoms with Gasteiger partial charge in [-0.1, -0.05) is 43.7 Å². The van der Waals surface area contributed by atoms with Crippen molar-refractivity contribution in [1.29, 1.82) is 0 Å². The fraction of sp³-hybridized carbons (Fsp3) is 0.688. The maximum atomic E-state index is 5.19. The van der Waals surface area contributed by atoms with Crippen molar-refractivity contribution in [3.8, 4) is 0 Å². The molecule has 0 amide bonds. The first-order valence-corrected chi connectivity index (χ1v) is 6.99. The Kier molecular flexibility index (Phi) is 5.64. The Bertz CT molecular complexity index is 350. The first kappa shape index (κ1) is 15.0. The predicted octanol–water partition coefficient (Wildman–Crippen LogP) is 4.73. The smallest absolute Gasteiger partial charge is 0.116 e. The van der Waals surface area contributed by atoms with E-state index >= 15 is 0 Å². The van der Waals surface area contributed by atoms with Crippen molar-refractivity contribution in [2.45, 2.75) is 53.9 Å². The number of oxime groups is 1. The summed E-state index contributed by atoms with van der Waals surface area (Å²) in [6, 6.07) is 0. The summed E-state index contributed by atoms with van der Waals surface area (Å²) in [5, 5.41) is 4.08. The lowest BCUT2D eigenvalue weighted by Crippen LogP contribution is -2.26. The average molecular weight is 249 g/mol. The molecule has 18 heavy (non-hydrogen) atoms. The molecular formula is C16H27NO. The van der Waals surface area contributed by atoms with Gasteiger partial charge in [0.15, 0.2) is 0 Å². The topological polar surface area (TPSA) is 21.6 Å². The van der Waals surface area contributed by atoms with Gasteiger partial charge in [-0.15, -0.1) is 0 Å². The second-order valence-corrected chi connectivity index (χ2v) is 5.88. The molecule has 0 bridgehead atoms. The van der Waals surface area contributed by atoms with Gasteiger partial charge in [0.2, 0.25) is 0 Å². The van der Waals surface area contributed by atoms with Crippen LogP contribution in [0.3, 0.4) is 0 Å². The van der Waals surface area contributed by atoms with Gasteiger partial charge in [-0.2, -0.15) is 0 Å². The fourth-order valence-corrected chi connectivity index (χ4v) is 2.49. The van der Waals surface area contributed by atoms with Gasteiger partial charge in [0.25, 0.3) is 0 Å². The minimum Gasteiger partial charge on any atom is -0.396 e. The molecule has 0 aromatic rings. The Morgan fingerprint density at radius 2 is 2.28 bits per heavy atom. The standard InChI is InChI=1S/C16H27NO/c1-6-12-18-17-14(3)9-10-15-13(2)8-7-11-16(15,4)5/h8-10,15H,6-7,11-12H2,1-5H3/b10-9+,17-14+. The molecule has 2 nitrogen and oxygen atoms in total. The monoisotopic (exact) mass is 249 g/mol. The van der Waals surface area contributed by atoms with Crippen molar-refractivity contribution >= 4 is 5.71 Å². The normalized spacial score (nSPS) is 24.2. The largest absolute Gasteiger partial charge is 0.396 e. The second-order valence-electron chi connectivity index (χ2n) is 5.88. The average Bonchev–Trinajstić information content (AvgIpc) is 2.28. The molecule has 1 atom stereocenters. The van der Waals surface area contributed by atoms with Crippen molar-refractivity contribution in [2.75, 3.05) is 6.61 Å². The Morgan fingerprint density at radius 3 is 2.89 bits per heavy atom. The number of hydrogen-bond donors (Lipinski definition) is 0. The summed E-state index contributed by atoms with van der Waals surface area (Å²) >= 11 is 0. The van der Waals surface area contributed by atoms with Crippen LogP contribution in [0.15, 0.2) is 29.0 Å². The first-order valence-electron chi connectivity index (χ1n) is 6.99. The minimum atomic E-state index is 0.347. The van der Waals surface area contributed by atoms with Gasteiger partial charge in [0.05, 0.1) is 5.71 Å². The molecule has 1 aliphatic carbocycles. The Hall–Kier alpha value is -1.05. The third kappa shape index (κ3) is 4.32. The van der Waals surface area contributed by atoms with Gasteiger partial charge in [-0.25, -0.2) is 0 Å². The number of nitrogens with zero attached hydrogens (tertiary/aromatic N) is 1. The van der Waals surface area contributed by atoms with E-state index < -0.39 is 0 Å². The molecule has 0 fully saturated rings. The summed E-state index contributed by atoms with van der Waals surface area (Å²) in [5.41, 5.74) is 2.77. The zero-order chi connectivity index (χ0) is 13.6. The van der Waals surface area contributed by atoms with E-state index in [0.29, 0.717) is 17.9 Å². The molecule has 0 radical (unpaired) electrons. The van der Waals surface area contributed by atoms with Crippen LogP contribution in [0.25, 0.3) is 0 Å². The van der Waals surface area contributed by atoms with Gasteiger partial charge in [0.1, 0.15) is 6.61 Å². The summed E-state index contributed by atoms with van der Waals surface area (Å²) in [6.07, 6.45) is 10.2. The molecule has 1 aliphatic rings. The van der Waals surface area contributed by atoms with Crippen LogP contribution >= 0.6 is 0 Å². The van der Waals surface area contributed by atoms with E-state index in [0.717, 1.165) is 12.1 Å². The van der Waals surface area contributed by atoms with E-state index in [1.54, 1.807) is 0 Å². The number of allylic oxidation sites excluding steroid dienone is 4. The number of hydrogen-bond acceptors (Lipinski definition) is 2. The summed E-state index contributed by atoms with van der Waals surface area (Å²) in [6.45, 7) is 11.7. The van der Waals surface area contributed by atoms with Crippen molar-refractivity contribution in [3.05, 3.63) is 23.8 Å². The zero-order valence-electron chi connectivity index (χ0n) is 12.5. The van der Waals surface area contributed by atoms with Crippen molar-refractivity contribution in [3.63, 3.8) is 0 Å². The Labute approximate surface area is 112 Å². The third-order valence-electron chi connectivity index (χ3n) is 3.62. The van der Waals surface area contributed by atoms with Crippen molar-refractivity contribution in [2.24, 2.45) is 16.5 Å². The van der Waals surface area contributed by atoms with Gasteiger partial charge < -0.3 is 4.84 Å². The highest BCUT2D eigenvalue weighted by molar-refractivity contribution is 5.92. The summed E-state index contributed by atoms with van der Waals surface area (Å²) in [7, 11) is 0. The minimum absolute atomic E-state index is 0.347. The molecule has 102 valence electrons. The van der Waals surface area contributed by atoms with Crippen LogP contribution in [0.2, 0.25) is 0 Å².